The molecular formula is C75H52N2. The monoisotopic (exact) mass is 980 g/mol. The van der Waals surface area contributed by atoms with Gasteiger partial charge in [-0.2, -0.15) is 0 Å². The number of anilines is 3. The van der Waals surface area contributed by atoms with E-state index in [1.165, 1.54) is 93.4 Å². The number of para-hydroxylation sites is 1. The number of benzene rings is 12. The molecule has 77 heavy (non-hydrogen) atoms. The lowest BCUT2D eigenvalue weighted by Crippen LogP contribution is -2.10. The van der Waals surface area contributed by atoms with Crippen LogP contribution in [0.15, 0.2) is 309 Å². The molecule has 2 heteroatoms. The molecule has 0 spiro atoms. The van der Waals surface area contributed by atoms with Crippen molar-refractivity contribution in [3.05, 3.63) is 326 Å². The summed E-state index contributed by atoms with van der Waals surface area (Å²) < 4.78 is 2.43. The van der Waals surface area contributed by atoms with Gasteiger partial charge < -0.3 is 9.47 Å². The first-order chi connectivity index (χ1) is 38.2. The number of fused-ring (bicyclic) bond motifs is 5. The van der Waals surface area contributed by atoms with Gasteiger partial charge in [0.15, 0.2) is 0 Å². The minimum absolute atomic E-state index is 0.146. The van der Waals surface area contributed by atoms with Crippen LogP contribution in [0.25, 0.3) is 93.6 Å². The van der Waals surface area contributed by atoms with Gasteiger partial charge in [0.1, 0.15) is 0 Å². The Morgan fingerprint density at radius 3 is 1.61 bits per heavy atom. The van der Waals surface area contributed by atoms with Crippen LogP contribution in [0, 0.1) is 0 Å². The maximum Gasteiger partial charge on any atom is 0.0547 e. The Morgan fingerprint density at radius 2 is 0.870 bits per heavy atom. The summed E-state index contributed by atoms with van der Waals surface area (Å²) in [5, 5.41) is 7.45. The summed E-state index contributed by atoms with van der Waals surface area (Å²) in [6, 6.07) is 104. The molecule has 1 atom stereocenters. The van der Waals surface area contributed by atoms with Crippen molar-refractivity contribution in [3.8, 4) is 39.1 Å². The number of hydrogen-bond donors (Lipinski definition) is 0. The summed E-state index contributed by atoms with van der Waals surface area (Å²) in [7, 11) is 0. The largest absolute Gasteiger partial charge is 0.310 e. The van der Waals surface area contributed by atoms with E-state index in [-0.39, 0.29) is 5.92 Å². The zero-order valence-corrected chi connectivity index (χ0v) is 42.4. The molecule has 0 amide bonds. The van der Waals surface area contributed by atoms with Crippen molar-refractivity contribution in [2.75, 3.05) is 4.90 Å². The Balaban J connectivity index is 0.876. The quantitative estimate of drug-likeness (QED) is 0.133. The van der Waals surface area contributed by atoms with Crippen molar-refractivity contribution in [1.82, 2.24) is 4.57 Å². The normalized spacial score (nSPS) is 13.4. The van der Waals surface area contributed by atoms with Crippen LogP contribution >= 0.6 is 0 Å². The van der Waals surface area contributed by atoms with E-state index in [0.29, 0.717) is 0 Å². The molecule has 0 bridgehead atoms. The van der Waals surface area contributed by atoms with Crippen LogP contribution in [0.5, 0.6) is 0 Å². The van der Waals surface area contributed by atoms with E-state index in [1.807, 2.05) is 0 Å². The molecule has 1 aliphatic carbocycles. The molecule has 12 aromatic carbocycles. The van der Waals surface area contributed by atoms with E-state index in [2.05, 4.69) is 319 Å². The minimum Gasteiger partial charge on any atom is -0.310 e. The lowest BCUT2D eigenvalue weighted by molar-refractivity contribution is 1.09. The molecule has 13 aromatic rings. The van der Waals surface area contributed by atoms with Crippen molar-refractivity contribution in [1.29, 1.82) is 0 Å². The van der Waals surface area contributed by atoms with Gasteiger partial charge in [0, 0.05) is 39.4 Å². The van der Waals surface area contributed by atoms with Crippen molar-refractivity contribution in [2.24, 2.45) is 0 Å². The van der Waals surface area contributed by atoms with Gasteiger partial charge in [-0.1, -0.05) is 237 Å². The second kappa shape index (κ2) is 19.7. The zero-order valence-electron chi connectivity index (χ0n) is 42.4. The molecule has 0 saturated carbocycles. The predicted molar refractivity (Wildman–Crippen MR) is 328 cm³/mol. The molecular weight excluding hydrogens is 929 g/mol. The Kier molecular flexibility index (Phi) is 11.7. The van der Waals surface area contributed by atoms with E-state index in [0.717, 1.165) is 33.9 Å². The van der Waals surface area contributed by atoms with Gasteiger partial charge in [0.25, 0.3) is 0 Å². The average molecular weight is 981 g/mol. The number of rotatable bonds is 10. The smallest absolute Gasteiger partial charge is 0.0547 e. The molecule has 2 nitrogen and oxygen atoms in total. The fraction of sp³-hybridized carbons (Fsp3) is 0.0133. The van der Waals surface area contributed by atoms with Gasteiger partial charge in [-0.25, -0.2) is 0 Å². The highest BCUT2D eigenvalue weighted by atomic mass is 15.1. The third-order valence-corrected chi connectivity index (χ3v) is 15.4. The van der Waals surface area contributed by atoms with Crippen molar-refractivity contribution in [2.45, 2.75) is 5.92 Å². The van der Waals surface area contributed by atoms with Crippen molar-refractivity contribution >= 4 is 71.6 Å². The molecule has 0 saturated heterocycles. The third kappa shape index (κ3) is 8.62. The molecule has 1 aromatic heterocycles. The lowest BCUT2D eigenvalue weighted by Gasteiger charge is -2.26. The molecule has 0 N–H and O–H groups in total. The Bertz CT molecular complexity index is 4390. The van der Waals surface area contributed by atoms with Crippen LogP contribution < -0.4 is 4.90 Å². The maximum absolute atomic E-state index is 2.43. The summed E-state index contributed by atoms with van der Waals surface area (Å²) in [6.45, 7) is 0. The molecule has 0 fully saturated rings. The second-order valence-electron chi connectivity index (χ2n) is 20.1. The van der Waals surface area contributed by atoms with Crippen LogP contribution in [-0.2, 0) is 0 Å². The molecule has 1 heterocycles. The molecule has 362 valence electrons. The minimum atomic E-state index is 0.146. The van der Waals surface area contributed by atoms with E-state index in [9.17, 15) is 0 Å². The zero-order chi connectivity index (χ0) is 51.1. The summed E-state index contributed by atoms with van der Waals surface area (Å²) in [4.78, 5) is 2.40. The molecule has 1 unspecified atom stereocenters. The first kappa shape index (κ1) is 45.6. The number of aromatic nitrogens is 1. The van der Waals surface area contributed by atoms with E-state index in [4.69, 9.17) is 0 Å². The Morgan fingerprint density at radius 1 is 0.325 bits per heavy atom. The van der Waals surface area contributed by atoms with Gasteiger partial charge in [-0.15, -0.1) is 0 Å². The Labute approximate surface area is 449 Å². The number of allylic oxidation sites excluding steroid dienone is 6. The summed E-state index contributed by atoms with van der Waals surface area (Å²) in [6.07, 6.45) is 9.37. The Hall–Kier alpha value is -10.0. The van der Waals surface area contributed by atoms with Gasteiger partial charge >= 0.3 is 0 Å². The fourth-order valence-corrected chi connectivity index (χ4v) is 11.6. The highest BCUT2D eigenvalue weighted by molar-refractivity contribution is 6.19. The van der Waals surface area contributed by atoms with Gasteiger partial charge in [0.05, 0.1) is 11.0 Å². The molecule has 0 radical (unpaired) electrons. The van der Waals surface area contributed by atoms with Crippen LogP contribution in [-0.4, -0.2) is 4.57 Å². The number of hydrogen-bond acceptors (Lipinski definition) is 1. The summed E-state index contributed by atoms with van der Waals surface area (Å²) in [5.74, 6) is 0.146. The summed E-state index contributed by atoms with van der Waals surface area (Å²) >= 11 is 0. The SMILES string of the molecule is C1=CC(c2ccccc2)C=C(c2ccccc2)C=C1c1ccc(N(c2ccc(-c3ccc(-c4cccc5ccccc45)cc3)cc2)c2cccc(-c3cccc4c3c3cc5ccccc5cc3n4-c3ccccc3)c2)cc1. The van der Waals surface area contributed by atoms with Crippen LogP contribution in [0.4, 0.5) is 17.1 Å². The predicted octanol–water partition coefficient (Wildman–Crippen LogP) is 20.4. The standard InChI is InChI=1S/C75H52N2/c1-4-17-52(18-5-1)61-37-38-62(48-64(47-61)53-19-6-2-7-20-53)56-41-45-67(46-42-56)76(66-43-39-55(40-44-66)54-33-35-58(36-34-54)70-30-15-24-57-21-12-13-29-69(57)70)68-28-14-25-63(49-68)71-31-16-32-73-75(71)72-50-59-22-10-11-23-60(59)51-74(72)77(73)65-26-8-3-9-27-65/h1-51,61H. The van der Waals surface area contributed by atoms with Crippen LogP contribution in [0.2, 0.25) is 0 Å². The average Bonchev–Trinajstić information content (AvgIpc) is 3.76. The van der Waals surface area contributed by atoms with E-state index >= 15 is 0 Å². The fourth-order valence-electron chi connectivity index (χ4n) is 11.6. The number of nitrogens with zero attached hydrogens (tertiary/aromatic N) is 2. The van der Waals surface area contributed by atoms with E-state index in [1.54, 1.807) is 0 Å². The van der Waals surface area contributed by atoms with E-state index < -0.39 is 0 Å². The van der Waals surface area contributed by atoms with Crippen LogP contribution in [0.3, 0.4) is 0 Å². The highest BCUT2D eigenvalue weighted by Crippen LogP contribution is 2.44. The first-order valence-corrected chi connectivity index (χ1v) is 26.6. The van der Waals surface area contributed by atoms with Crippen molar-refractivity contribution in [3.63, 3.8) is 0 Å². The van der Waals surface area contributed by atoms with Gasteiger partial charge in [-0.05, 0) is 156 Å². The second-order valence-corrected chi connectivity index (χ2v) is 20.1. The molecule has 1 aliphatic rings. The van der Waals surface area contributed by atoms with Crippen LogP contribution in [0.1, 0.15) is 22.6 Å². The highest BCUT2D eigenvalue weighted by Gasteiger charge is 2.20. The van der Waals surface area contributed by atoms with Crippen molar-refractivity contribution < 1.29 is 0 Å². The lowest BCUT2D eigenvalue weighted by atomic mass is 9.94. The third-order valence-electron chi connectivity index (χ3n) is 15.4. The summed E-state index contributed by atoms with van der Waals surface area (Å²) in [5.41, 5.74) is 19.9. The van der Waals surface area contributed by atoms with Gasteiger partial charge in [0.2, 0.25) is 0 Å². The molecule has 14 rings (SSSR count). The first-order valence-electron chi connectivity index (χ1n) is 26.6. The topological polar surface area (TPSA) is 8.17 Å². The molecule has 0 aliphatic heterocycles. The maximum atomic E-state index is 2.43. The van der Waals surface area contributed by atoms with Gasteiger partial charge in [-0.3, -0.25) is 0 Å².